The first-order valence-corrected chi connectivity index (χ1v) is 15.7. The molecule has 5 unspecified atom stereocenters. The molecule has 1 heterocycles. The highest BCUT2D eigenvalue weighted by Crippen LogP contribution is 2.70. The Hall–Kier alpha value is -1.61. The molecule has 1 saturated heterocycles. The highest BCUT2D eigenvalue weighted by atomic mass is 16.5. The molecule has 0 amide bonds. The lowest BCUT2D eigenvalue weighted by atomic mass is 9.43. The number of hydrogen-bond donors (Lipinski definition) is 0. The van der Waals surface area contributed by atoms with E-state index in [9.17, 15) is 4.79 Å². The molecule has 1 aromatic carbocycles. The van der Waals surface area contributed by atoms with E-state index < -0.39 is 0 Å². The van der Waals surface area contributed by atoms with Gasteiger partial charge in [-0.1, -0.05) is 57.9 Å². The van der Waals surface area contributed by atoms with Gasteiger partial charge in [-0.3, -0.25) is 0 Å². The van der Waals surface area contributed by atoms with Gasteiger partial charge < -0.3 is 9.47 Å². The molecule has 12 atom stereocenters. The lowest BCUT2D eigenvalue weighted by Crippen LogP contribution is -2.59. The predicted molar refractivity (Wildman–Crippen MR) is 153 cm³/mol. The third kappa shape index (κ3) is 4.13. The van der Waals surface area contributed by atoms with Crippen LogP contribution in [0.4, 0.5) is 0 Å². The quantitative estimate of drug-likeness (QED) is 0.290. The van der Waals surface area contributed by atoms with E-state index in [1.54, 1.807) is 0 Å². The van der Waals surface area contributed by atoms with Crippen molar-refractivity contribution in [3.8, 4) is 0 Å². The molecule has 0 radical (unpaired) electrons. The van der Waals surface area contributed by atoms with E-state index in [1.807, 2.05) is 30.3 Å². The summed E-state index contributed by atoms with van der Waals surface area (Å²) >= 11 is 0. The zero-order valence-corrected chi connectivity index (χ0v) is 24.5. The standard InChI is InChI=1S/C35H50O3/c1-21(2)12-15-29-23(4)32-30(37-29)19-28-26-14-13-25-18-22(3)16-17-34(25,5)27(26)20-31(35(28,32)6)38-33(36)24-10-8-7-9-11-24/h7-11,22-23,25-32H,1,12-20H2,2-6H3/t22-,23+,25?,26?,27?,28?,29+,30-,31+,32?,34-,35+/m0/s1. The fourth-order valence-electron chi connectivity index (χ4n) is 10.7. The molecule has 3 heteroatoms. The number of carbonyl (C=O) groups is 1. The van der Waals surface area contributed by atoms with Crippen LogP contribution in [0.3, 0.4) is 0 Å². The molecule has 0 bridgehead atoms. The molecule has 6 rings (SSSR count). The number of allylic oxidation sites excluding steroid dienone is 1. The average Bonchev–Trinajstić information content (AvgIpc) is 3.38. The predicted octanol–water partition coefficient (Wildman–Crippen LogP) is 8.49. The van der Waals surface area contributed by atoms with Gasteiger partial charge in [-0.2, -0.15) is 0 Å². The first-order valence-electron chi connectivity index (χ1n) is 15.7. The van der Waals surface area contributed by atoms with E-state index in [0.717, 1.165) is 43.4 Å². The van der Waals surface area contributed by atoms with Crippen molar-refractivity contribution in [1.82, 2.24) is 0 Å². The molecule has 208 valence electrons. The highest BCUT2D eigenvalue weighted by Gasteiger charge is 2.69. The highest BCUT2D eigenvalue weighted by molar-refractivity contribution is 5.89. The number of rotatable bonds is 5. The van der Waals surface area contributed by atoms with Crippen LogP contribution in [-0.2, 0) is 9.47 Å². The summed E-state index contributed by atoms with van der Waals surface area (Å²) in [5.74, 6) is 4.42. The zero-order valence-electron chi connectivity index (χ0n) is 24.5. The normalized spacial score (nSPS) is 47.4. The molecule has 0 N–H and O–H groups in total. The molecule has 1 aliphatic heterocycles. The van der Waals surface area contributed by atoms with Gasteiger partial charge in [0, 0.05) is 5.41 Å². The molecule has 0 spiro atoms. The van der Waals surface area contributed by atoms with E-state index in [2.05, 4.69) is 41.2 Å². The molecule has 38 heavy (non-hydrogen) atoms. The van der Waals surface area contributed by atoms with Crippen LogP contribution in [-0.4, -0.2) is 24.3 Å². The maximum Gasteiger partial charge on any atom is 0.338 e. The number of benzene rings is 1. The van der Waals surface area contributed by atoms with Crippen LogP contribution in [0.5, 0.6) is 0 Å². The monoisotopic (exact) mass is 518 g/mol. The van der Waals surface area contributed by atoms with Gasteiger partial charge in [-0.15, -0.1) is 6.58 Å². The molecular formula is C35H50O3. The summed E-state index contributed by atoms with van der Waals surface area (Å²) < 4.78 is 13.6. The molecule has 4 saturated carbocycles. The third-order valence-corrected chi connectivity index (χ3v) is 12.7. The van der Waals surface area contributed by atoms with Gasteiger partial charge in [0.1, 0.15) is 6.10 Å². The first-order chi connectivity index (χ1) is 18.1. The summed E-state index contributed by atoms with van der Waals surface area (Å²) in [6.45, 7) is 16.3. The van der Waals surface area contributed by atoms with Gasteiger partial charge in [0.15, 0.2) is 0 Å². The van der Waals surface area contributed by atoms with Crippen LogP contribution in [0.1, 0.15) is 103 Å². The smallest absolute Gasteiger partial charge is 0.338 e. The second kappa shape index (κ2) is 9.79. The Bertz CT molecular complexity index is 1050. The van der Waals surface area contributed by atoms with Crippen LogP contribution in [0.15, 0.2) is 42.5 Å². The second-order valence-electron chi connectivity index (χ2n) is 14.7. The van der Waals surface area contributed by atoms with Crippen LogP contribution in [0.2, 0.25) is 0 Å². The number of esters is 1. The van der Waals surface area contributed by atoms with Gasteiger partial charge >= 0.3 is 5.97 Å². The summed E-state index contributed by atoms with van der Waals surface area (Å²) in [4.78, 5) is 13.6. The van der Waals surface area contributed by atoms with E-state index in [4.69, 9.17) is 9.47 Å². The Kier molecular flexibility index (Phi) is 6.85. The summed E-state index contributed by atoms with van der Waals surface area (Å²) in [6.07, 6.45) is 11.6. The minimum Gasteiger partial charge on any atom is -0.458 e. The maximum atomic E-state index is 13.6. The minimum absolute atomic E-state index is 0.0289. The van der Waals surface area contributed by atoms with Crippen molar-refractivity contribution in [2.24, 2.45) is 52.3 Å². The van der Waals surface area contributed by atoms with Crippen molar-refractivity contribution >= 4 is 5.97 Å². The lowest BCUT2D eigenvalue weighted by molar-refractivity contribution is -0.172. The topological polar surface area (TPSA) is 35.5 Å². The van der Waals surface area contributed by atoms with Gasteiger partial charge in [0.2, 0.25) is 0 Å². The molecule has 0 aromatic heterocycles. The van der Waals surface area contributed by atoms with Crippen LogP contribution >= 0.6 is 0 Å². The van der Waals surface area contributed by atoms with Gasteiger partial charge in [0.05, 0.1) is 17.8 Å². The van der Waals surface area contributed by atoms with Crippen molar-refractivity contribution in [2.45, 2.75) is 111 Å². The minimum atomic E-state index is -0.141. The molecule has 5 fully saturated rings. The average molecular weight is 519 g/mol. The summed E-state index contributed by atoms with van der Waals surface area (Å²) in [5, 5.41) is 0. The Balaban J connectivity index is 1.34. The lowest BCUT2D eigenvalue weighted by Gasteiger charge is -2.62. The summed E-state index contributed by atoms with van der Waals surface area (Å²) in [6, 6.07) is 9.66. The van der Waals surface area contributed by atoms with E-state index in [1.165, 1.54) is 37.7 Å². The Labute approximate surface area is 231 Å². The molecule has 5 aliphatic rings. The second-order valence-corrected chi connectivity index (χ2v) is 14.7. The molecule has 3 nitrogen and oxygen atoms in total. The van der Waals surface area contributed by atoms with Gasteiger partial charge in [-0.25, -0.2) is 4.79 Å². The summed E-state index contributed by atoms with van der Waals surface area (Å²) in [7, 11) is 0. The molecular weight excluding hydrogens is 468 g/mol. The van der Waals surface area contributed by atoms with Gasteiger partial charge in [0.25, 0.3) is 0 Å². The van der Waals surface area contributed by atoms with E-state index in [-0.39, 0.29) is 23.6 Å². The van der Waals surface area contributed by atoms with Crippen molar-refractivity contribution < 1.29 is 14.3 Å². The fourth-order valence-corrected chi connectivity index (χ4v) is 10.7. The largest absolute Gasteiger partial charge is 0.458 e. The Morgan fingerprint density at radius 2 is 1.82 bits per heavy atom. The molecule has 1 aromatic rings. The van der Waals surface area contributed by atoms with Crippen molar-refractivity contribution in [1.29, 1.82) is 0 Å². The van der Waals surface area contributed by atoms with E-state index >= 15 is 0 Å². The van der Waals surface area contributed by atoms with Crippen molar-refractivity contribution in [3.05, 3.63) is 48.0 Å². The zero-order chi connectivity index (χ0) is 26.8. The Morgan fingerprint density at radius 1 is 1.05 bits per heavy atom. The van der Waals surface area contributed by atoms with Crippen LogP contribution < -0.4 is 0 Å². The number of hydrogen-bond acceptors (Lipinski definition) is 3. The SMILES string of the molecule is C=C(C)CC[C@H]1O[C@H]2CC3C4CCC5C[C@@H](C)CC[C@]5(C)C4C[C@@H](OC(=O)c4ccccc4)[C@]3(C)C2[C@@H]1C. The fraction of sp³-hybridized carbons (Fsp3) is 0.743. The number of carbonyl (C=O) groups excluding carboxylic acids is 1. The van der Waals surface area contributed by atoms with Gasteiger partial charge in [-0.05, 0) is 117 Å². The maximum absolute atomic E-state index is 13.6. The van der Waals surface area contributed by atoms with Crippen molar-refractivity contribution in [2.75, 3.05) is 0 Å². The van der Waals surface area contributed by atoms with E-state index in [0.29, 0.717) is 40.8 Å². The number of fused-ring (bicyclic) bond motifs is 7. The third-order valence-electron chi connectivity index (χ3n) is 12.7. The molecule has 4 aliphatic carbocycles. The number of ether oxygens (including phenoxy) is 2. The first kappa shape index (κ1) is 26.6. The Morgan fingerprint density at radius 3 is 2.55 bits per heavy atom. The summed E-state index contributed by atoms with van der Waals surface area (Å²) in [5.41, 5.74) is 2.27. The van der Waals surface area contributed by atoms with Crippen molar-refractivity contribution in [3.63, 3.8) is 0 Å². The van der Waals surface area contributed by atoms with Crippen LogP contribution in [0.25, 0.3) is 0 Å². The van der Waals surface area contributed by atoms with Crippen LogP contribution in [0, 0.1) is 52.3 Å².